The van der Waals surface area contributed by atoms with Crippen molar-refractivity contribution in [2.24, 2.45) is 5.73 Å². The first-order chi connectivity index (χ1) is 17.3. The number of benzene rings is 3. The Kier molecular flexibility index (Phi) is 8.05. The summed E-state index contributed by atoms with van der Waals surface area (Å²) in [5.41, 5.74) is 8.96. The summed E-state index contributed by atoms with van der Waals surface area (Å²) < 4.78 is 23.8. The van der Waals surface area contributed by atoms with Crippen LogP contribution in [0.2, 0.25) is 5.02 Å². The second-order valence-corrected chi connectivity index (χ2v) is 9.75. The molecule has 1 aliphatic heterocycles. The minimum Gasteiger partial charge on any atom is -0.352 e. The van der Waals surface area contributed by atoms with Gasteiger partial charge in [-0.1, -0.05) is 59.6 Å². The fraction of sp³-hybridized carbons (Fsp3) is 0.231. The third kappa shape index (κ3) is 5.44. The minimum atomic E-state index is -2.51. The molecular formula is C26H27ClN4O4S. The molecule has 0 saturated carbocycles. The third-order valence-electron chi connectivity index (χ3n) is 6.25. The summed E-state index contributed by atoms with van der Waals surface area (Å²) in [5.74, 6) is -0.820. The fourth-order valence-corrected chi connectivity index (χ4v) is 5.16. The van der Waals surface area contributed by atoms with Gasteiger partial charge in [-0.3, -0.25) is 14.1 Å². The molecule has 1 unspecified atom stereocenters. The van der Waals surface area contributed by atoms with Gasteiger partial charge < -0.3 is 11.1 Å². The number of nitrogens with one attached hydrogen (secondary N) is 1. The van der Waals surface area contributed by atoms with Gasteiger partial charge in [0.1, 0.15) is 0 Å². The summed E-state index contributed by atoms with van der Waals surface area (Å²) in [6, 6.07) is 18.1. The first kappa shape index (κ1) is 25.8. The van der Waals surface area contributed by atoms with Crippen molar-refractivity contribution in [2.75, 3.05) is 11.0 Å². The number of carbonyl (C=O) groups excluding carboxylic acids is 2. The molecule has 0 fully saturated rings. The highest BCUT2D eigenvalue weighted by Crippen LogP contribution is 2.32. The number of nitrogens with zero attached hydrogens (tertiary/aromatic N) is 2. The molecule has 0 spiro atoms. The van der Waals surface area contributed by atoms with Crippen molar-refractivity contribution in [3.63, 3.8) is 0 Å². The number of hydrazine groups is 1. The van der Waals surface area contributed by atoms with E-state index in [0.29, 0.717) is 29.2 Å². The summed E-state index contributed by atoms with van der Waals surface area (Å²) in [4.78, 5) is 26.3. The van der Waals surface area contributed by atoms with Crippen LogP contribution in [0.1, 0.15) is 30.9 Å². The molecule has 1 heterocycles. The smallest absolute Gasteiger partial charge is 0.281 e. The second-order valence-electron chi connectivity index (χ2n) is 8.51. The number of nitrogens with two attached hydrogens (primary N) is 1. The maximum absolute atomic E-state index is 13.5. The van der Waals surface area contributed by atoms with E-state index < -0.39 is 17.2 Å². The lowest BCUT2D eigenvalue weighted by Gasteiger charge is -2.37. The molecule has 3 aromatic rings. The van der Waals surface area contributed by atoms with Gasteiger partial charge in [-0.05, 0) is 48.1 Å². The molecule has 2 amide bonds. The van der Waals surface area contributed by atoms with Crippen LogP contribution in [-0.2, 0) is 33.9 Å². The highest BCUT2D eigenvalue weighted by Gasteiger charge is 2.34. The van der Waals surface area contributed by atoms with Crippen LogP contribution in [0, 0.1) is 0 Å². The normalized spacial score (nSPS) is 14.8. The number of hydrogen-bond acceptors (Lipinski definition) is 4. The van der Waals surface area contributed by atoms with Gasteiger partial charge >= 0.3 is 0 Å². The first-order valence-electron chi connectivity index (χ1n) is 11.4. The van der Waals surface area contributed by atoms with Crippen molar-refractivity contribution in [3.05, 3.63) is 88.0 Å². The van der Waals surface area contributed by atoms with Crippen LogP contribution >= 0.6 is 11.6 Å². The maximum atomic E-state index is 13.5. The monoisotopic (exact) mass is 526 g/mol. The average Bonchev–Trinajstić information content (AvgIpc) is 2.87. The number of rotatable bonds is 8. The van der Waals surface area contributed by atoms with Gasteiger partial charge in [0, 0.05) is 35.6 Å². The van der Waals surface area contributed by atoms with Crippen molar-refractivity contribution in [1.29, 1.82) is 0 Å². The van der Waals surface area contributed by atoms with E-state index in [-0.39, 0.29) is 25.4 Å². The Morgan fingerprint density at radius 3 is 2.67 bits per heavy atom. The Bertz CT molecular complexity index is 1370. The Labute approximate surface area is 217 Å². The van der Waals surface area contributed by atoms with Gasteiger partial charge in [-0.25, -0.2) is 9.22 Å². The van der Waals surface area contributed by atoms with Crippen LogP contribution in [0.15, 0.2) is 71.8 Å². The standard InChI is InChI=1S/C26H27ClN4O4S/c1-17-11-12-30(31(36(34)35)24-8-4-6-18-5-2-3-7-22(18)24)26(33)23(17)14-25(32)29-16-20-13-21(27)10-9-19(20)15-28/h2-10,13H,11-12,14-16,28H2,1H3,(H,29,32)(H,34,35). The lowest BCUT2D eigenvalue weighted by Crippen LogP contribution is -2.51. The third-order valence-corrected chi connectivity index (χ3v) is 7.17. The molecule has 10 heteroatoms. The van der Waals surface area contributed by atoms with Crippen LogP contribution in [0.5, 0.6) is 0 Å². The van der Waals surface area contributed by atoms with Gasteiger partial charge in [0.05, 0.1) is 12.1 Å². The summed E-state index contributed by atoms with van der Waals surface area (Å²) >= 11 is 3.57. The Balaban J connectivity index is 1.55. The lowest BCUT2D eigenvalue weighted by molar-refractivity contribution is -0.129. The molecule has 1 atom stereocenters. The zero-order valence-corrected chi connectivity index (χ0v) is 21.3. The van der Waals surface area contributed by atoms with Crippen LogP contribution in [0.4, 0.5) is 5.69 Å². The topological polar surface area (TPSA) is 116 Å². The molecule has 0 radical (unpaired) electrons. The van der Waals surface area contributed by atoms with Crippen molar-refractivity contribution >= 4 is 51.1 Å². The number of anilines is 1. The van der Waals surface area contributed by atoms with Crippen LogP contribution in [-0.4, -0.2) is 32.1 Å². The molecule has 4 rings (SSSR count). The summed E-state index contributed by atoms with van der Waals surface area (Å²) in [6.07, 6.45) is 0.319. The predicted octanol–water partition coefficient (Wildman–Crippen LogP) is 4.07. The molecule has 1 aliphatic rings. The first-order valence-corrected chi connectivity index (χ1v) is 12.9. The molecule has 0 aromatic heterocycles. The van der Waals surface area contributed by atoms with E-state index in [1.165, 1.54) is 5.01 Å². The highest BCUT2D eigenvalue weighted by molar-refractivity contribution is 7.80. The molecule has 188 valence electrons. The lowest BCUT2D eigenvalue weighted by atomic mass is 9.98. The molecule has 8 nitrogen and oxygen atoms in total. The Hall–Kier alpha value is -3.24. The van der Waals surface area contributed by atoms with Crippen molar-refractivity contribution in [1.82, 2.24) is 10.3 Å². The highest BCUT2D eigenvalue weighted by atomic mass is 35.5. The molecule has 0 aliphatic carbocycles. The predicted molar refractivity (Wildman–Crippen MR) is 142 cm³/mol. The van der Waals surface area contributed by atoms with E-state index in [9.17, 15) is 18.4 Å². The van der Waals surface area contributed by atoms with Crippen molar-refractivity contribution < 1.29 is 18.4 Å². The van der Waals surface area contributed by atoms with E-state index in [2.05, 4.69) is 5.32 Å². The van der Waals surface area contributed by atoms with E-state index in [0.717, 1.165) is 31.9 Å². The van der Waals surface area contributed by atoms with Gasteiger partial charge in [0.25, 0.3) is 17.2 Å². The van der Waals surface area contributed by atoms with Gasteiger partial charge in [0.15, 0.2) is 0 Å². The average molecular weight is 527 g/mol. The number of hydrogen-bond donors (Lipinski definition) is 3. The number of halogens is 1. The van der Waals surface area contributed by atoms with Crippen LogP contribution in [0.25, 0.3) is 10.8 Å². The SMILES string of the molecule is CC1=C(CC(=O)NCc2cc(Cl)ccc2CN)C(=O)N(N(c2cccc3ccccc23)S(=O)O)CC1. The summed E-state index contributed by atoms with van der Waals surface area (Å²) in [6.45, 7) is 2.55. The second kappa shape index (κ2) is 11.2. The molecule has 4 N–H and O–H groups in total. The zero-order chi connectivity index (χ0) is 25.8. The van der Waals surface area contributed by atoms with E-state index >= 15 is 0 Å². The molecule has 0 saturated heterocycles. The maximum Gasteiger partial charge on any atom is 0.281 e. The number of amides is 2. The molecular weight excluding hydrogens is 500 g/mol. The van der Waals surface area contributed by atoms with E-state index in [1.807, 2.05) is 36.4 Å². The Morgan fingerprint density at radius 1 is 1.17 bits per heavy atom. The summed E-state index contributed by atoms with van der Waals surface area (Å²) in [5, 5.41) is 6.23. The van der Waals surface area contributed by atoms with Gasteiger partial charge in [-0.2, -0.15) is 4.41 Å². The van der Waals surface area contributed by atoms with E-state index in [4.69, 9.17) is 17.3 Å². The quantitative estimate of drug-likeness (QED) is 0.383. The number of fused-ring (bicyclic) bond motifs is 1. The fourth-order valence-electron chi connectivity index (χ4n) is 4.31. The largest absolute Gasteiger partial charge is 0.352 e. The van der Waals surface area contributed by atoms with Crippen molar-refractivity contribution in [2.45, 2.75) is 32.9 Å². The Morgan fingerprint density at radius 2 is 1.92 bits per heavy atom. The van der Waals surface area contributed by atoms with Crippen LogP contribution < -0.4 is 15.5 Å². The zero-order valence-electron chi connectivity index (χ0n) is 19.7. The molecule has 3 aromatic carbocycles. The number of carbonyl (C=O) groups is 2. The van der Waals surface area contributed by atoms with Crippen LogP contribution in [0.3, 0.4) is 0 Å². The van der Waals surface area contributed by atoms with Gasteiger partial charge in [-0.15, -0.1) is 0 Å². The van der Waals surface area contributed by atoms with Crippen molar-refractivity contribution in [3.8, 4) is 0 Å². The minimum absolute atomic E-state index is 0.152. The van der Waals surface area contributed by atoms with Gasteiger partial charge in [0.2, 0.25) is 5.91 Å². The summed E-state index contributed by atoms with van der Waals surface area (Å²) in [7, 11) is 0. The molecule has 0 bridgehead atoms. The molecule has 36 heavy (non-hydrogen) atoms. The van der Waals surface area contributed by atoms with E-state index in [1.54, 1.807) is 31.2 Å².